The van der Waals surface area contributed by atoms with Crippen LogP contribution in [0.2, 0.25) is 0 Å². The van der Waals surface area contributed by atoms with Crippen LogP contribution in [0.5, 0.6) is 0 Å². The van der Waals surface area contributed by atoms with Crippen molar-refractivity contribution >= 4 is 17.7 Å². The molecule has 0 unspecified atom stereocenters. The molecule has 1 fully saturated rings. The molecule has 1 aromatic carbocycles. The van der Waals surface area contributed by atoms with Crippen molar-refractivity contribution in [3.63, 3.8) is 0 Å². The highest BCUT2D eigenvalue weighted by atomic mass is 16.5. The van der Waals surface area contributed by atoms with Crippen LogP contribution in [0.15, 0.2) is 29.3 Å². The fourth-order valence-corrected chi connectivity index (χ4v) is 1.95. The molecule has 0 saturated heterocycles. The van der Waals surface area contributed by atoms with E-state index < -0.39 is 0 Å². The Kier molecular flexibility index (Phi) is 3.68. The topological polar surface area (TPSA) is 55.7 Å². The van der Waals surface area contributed by atoms with Crippen LogP contribution in [0.1, 0.15) is 36.0 Å². The van der Waals surface area contributed by atoms with Gasteiger partial charge in [0.1, 0.15) is 6.10 Å². The maximum atomic E-state index is 11.7. The fourth-order valence-electron chi connectivity index (χ4n) is 1.95. The summed E-state index contributed by atoms with van der Waals surface area (Å²) in [7, 11) is 0. The minimum atomic E-state index is -0.307. The van der Waals surface area contributed by atoms with Crippen LogP contribution in [-0.2, 0) is 9.53 Å². The number of benzene rings is 1. The number of hydrogen-bond donors (Lipinski definition) is 0. The lowest BCUT2D eigenvalue weighted by atomic mass is 10.2. The van der Waals surface area contributed by atoms with Gasteiger partial charge in [-0.25, -0.2) is 9.59 Å². The Hall–Kier alpha value is -1.93. The molecule has 0 atom stereocenters. The highest BCUT2D eigenvalue weighted by Crippen LogP contribution is 2.22. The minimum absolute atomic E-state index is 0.0650. The molecule has 0 aliphatic heterocycles. The molecule has 1 saturated carbocycles. The molecule has 88 valence electrons. The largest absolute Gasteiger partial charge is 0.459 e. The Balaban J connectivity index is 2.00. The first-order chi connectivity index (χ1) is 8.29. The quantitative estimate of drug-likeness (QED) is 0.456. The highest BCUT2D eigenvalue weighted by Gasteiger charge is 2.19. The van der Waals surface area contributed by atoms with E-state index in [9.17, 15) is 9.59 Å². The van der Waals surface area contributed by atoms with Gasteiger partial charge in [0.05, 0.1) is 11.3 Å². The lowest BCUT2D eigenvalue weighted by molar-refractivity contribution is 0.0318. The Morgan fingerprint density at radius 1 is 1.24 bits per heavy atom. The molecule has 4 heteroatoms. The van der Waals surface area contributed by atoms with Gasteiger partial charge in [0.25, 0.3) is 0 Å². The first-order valence-corrected chi connectivity index (χ1v) is 5.68. The summed E-state index contributed by atoms with van der Waals surface area (Å²) in [6.07, 6.45) is 5.69. The van der Waals surface area contributed by atoms with Crippen LogP contribution in [0.3, 0.4) is 0 Å². The molecular formula is C13H13NO3. The second-order valence-corrected chi connectivity index (χ2v) is 4.06. The summed E-state index contributed by atoms with van der Waals surface area (Å²) < 4.78 is 5.35. The number of rotatable bonds is 3. The molecule has 2 rings (SSSR count). The van der Waals surface area contributed by atoms with Crippen molar-refractivity contribution < 1.29 is 14.3 Å². The molecule has 0 amide bonds. The molecule has 0 N–H and O–H groups in total. The summed E-state index contributed by atoms with van der Waals surface area (Å²) in [5.41, 5.74) is 0.971. The zero-order chi connectivity index (χ0) is 12.1. The molecule has 0 radical (unpaired) electrons. The summed E-state index contributed by atoms with van der Waals surface area (Å²) in [6, 6.07) is 6.40. The third kappa shape index (κ3) is 3.02. The van der Waals surface area contributed by atoms with Crippen LogP contribution < -0.4 is 0 Å². The van der Waals surface area contributed by atoms with Crippen molar-refractivity contribution in [1.82, 2.24) is 0 Å². The normalized spacial score (nSPS) is 15.3. The highest BCUT2D eigenvalue weighted by molar-refractivity contribution is 5.89. The number of ether oxygens (including phenoxy) is 1. The van der Waals surface area contributed by atoms with E-state index in [1.165, 1.54) is 6.08 Å². The Morgan fingerprint density at radius 3 is 2.47 bits per heavy atom. The van der Waals surface area contributed by atoms with Gasteiger partial charge in [0.15, 0.2) is 0 Å². The molecular weight excluding hydrogens is 218 g/mol. The van der Waals surface area contributed by atoms with Crippen LogP contribution in [0, 0.1) is 0 Å². The van der Waals surface area contributed by atoms with E-state index in [4.69, 9.17) is 4.74 Å². The fraction of sp³-hybridized carbons (Fsp3) is 0.385. The van der Waals surface area contributed by atoms with Crippen LogP contribution >= 0.6 is 0 Å². The first kappa shape index (κ1) is 11.6. The average molecular weight is 231 g/mol. The van der Waals surface area contributed by atoms with Crippen molar-refractivity contribution in [2.75, 3.05) is 0 Å². The lowest BCUT2D eigenvalue weighted by Crippen LogP contribution is -2.14. The van der Waals surface area contributed by atoms with E-state index >= 15 is 0 Å². The van der Waals surface area contributed by atoms with Crippen molar-refractivity contribution in [2.45, 2.75) is 31.8 Å². The van der Waals surface area contributed by atoms with Gasteiger partial charge in [0, 0.05) is 0 Å². The molecule has 0 bridgehead atoms. The number of nitrogens with zero attached hydrogens (tertiary/aromatic N) is 1. The van der Waals surface area contributed by atoms with Crippen molar-refractivity contribution in [1.29, 1.82) is 0 Å². The summed E-state index contributed by atoms with van der Waals surface area (Å²) in [5, 5.41) is 0. The van der Waals surface area contributed by atoms with E-state index in [1.807, 2.05) is 0 Å². The predicted molar refractivity (Wildman–Crippen MR) is 61.9 cm³/mol. The maximum Gasteiger partial charge on any atom is 0.338 e. The molecule has 17 heavy (non-hydrogen) atoms. The second-order valence-electron chi connectivity index (χ2n) is 4.06. The van der Waals surface area contributed by atoms with Gasteiger partial charge in [-0.15, -0.1) is 0 Å². The zero-order valence-corrected chi connectivity index (χ0v) is 9.39. The molecule has 4 nitrogen and oxygen atoms in total. The zero-order valence-electron chi connectivity index (χ0n) is 9.39. The Bertz CT molecular complexity index is 440. The van der Waals surface area contributed by atoms with Gasteiger partial charge < -0.3 is 4.74 Å². The van der Waals surface area contributed by atoms with Crippen LogP contribution in [0.25, 0.3) is 0 Å². The van der Waals surface area contributed by atoms with Crippen LogP contribution in [0.4, 0.5) is 5.69 Å². The van der Waals surface area contributed by atoms with Gasteiger partial charge in [-0.05, 0) is 49.9 Å². The summed E-state index contributed by atoms with van der Waals surface area (Å²) in [4.78, 5) is 25.2. The maximum absolute atomic E-state index is 11.7. The second kappa shape index (κ2) is 5.41. The van der Waals surface area contributed by atoms with Gasteiger partial charge in [-0.3, -0.25) is 0 Å². The molecule has 1 aliphatic rings. The van der Waals surface area contributed by atoms with E-state index in [0.29, 0.717) is 11.3 Å². The summed E-state index contributed by atoms with van der Waals surface area (Å²) >= 11 is 0. The van der Waals surface area contributed by atoms with E-state index in [1.54, 1.807) is 24.3 Å². The van der Waals surface area contributed by atoms with Crippen molar-refractivity contribution in [2.24, 2.45) is 4.99 Å². The Labute approximate surface area is 99.3 Å². The van der Waals surface area contributed by atoms with Crippen molar-refractivity contribution in [3.8, 4) is 0 Å². The van der Waals surface area contributed by atoms with E-state index in [-0.39, 0.29) is 12.1 Å². The monoisotopic (exact) mass is 231 g/mol. The number of hydrogen-bond acceptors (Lipinski definition) is 4. The van der Waals surface area contributed by atoms with Crippen LogP contribution in [-0.4, -0.2) is 18.2 Å². The Morgan fingerprint density at radius 2 is 1.88 bits per heavy atom. The predicted octanol–water partition coefficient (Wildman–Crippen LogP) is 2.75. The third-order valence-electron chi connectivity index (χ3n) is 2.85. The van der Waals surface area contributed by atoms with Gasteiger partial charge >= 0.3 is 5.97 Å². The lowest BCUT2D eigenvalue weighted by Gasteiger charge is -2.10. The molecule has 0 aromatic heterocycles. The number of carbonyl (C=O) groups is 1. The van der Waals surface area contributed by atoms with Gasteiger partial charge in [-0.1, -0.05) is 0 Å². The number of aliphatic imine (C=N–C) groups is 1. The number of esters is 1. The van der Waals surface area contributed by atoms with E-state index in [2.05, 4.69) is 4.99 Å². The summed E-state index contributed by atoms with van der Waals surface area (Å²) in [6.45, 7) is 0. The molecule has 1 aliphatic carbocycles. The van der Waals surface area contributed by atoms with E-state index in [0.717, 1.165) is 25.7 Å². The van der Waals surface area contributed by atoms with Crippen molar-refractivity contribution in [3.05, 3.63) is 29.8 Å². The molecule has 0 heterocycles. The molecule has 1 aromatic rings. The first-order valence-electron chi connectivity index (χ1n) is 5.68. The average Bonchev–Trinajstić information content (AvgIpc) is 2.83. The van der Waals surface area contributed by atoms with Gasteiger partial charge in [-0.2, -0.15) is 4.99 Å². The summed E-state index contributed by atoms with van der Waals surface area (Å²) in [5.74, 6) is -0.307. The SMILES string of the molecule is O=C=Nc1ccc(C(=O)OC2CCCC2)cc1. The smallest absolute Gasteiger partial charge is 0.338 e. The number of isocyanates is 1. The molecule has 0 spiro atoms. The number of carbonyl (C=O) groups excluding carboxylic acids is 2. The third-order valence-corrected chi connectivity index (χ3v) is 2.85. The van der Waals surface area contributed by atoms with Gasteiger partial charge in [0.2, 0.25) is 6.08 Å². The standard InChI is InChI=1S/C13H13NO3/c15-9-14-11-7-5-10(6-8-11)13(16)17-12-3-1-2-4-12/h5-8,12H,1-4H2. The minimum Gasteiger partial charge on any atom is -0.459 e.